The van der Waals surface area contributed by atoms with Crippen molar-refractivity contribution in [1.82, 2.24) is 4.31 Å². The molecule has 0 saturated heterocycles. The highest BCUT2D eigenvalue weighted by Crippen LogP contribution is 2.18. The van der Waals surface area contributed by atoms with Gasteiger partial charge in [-0.25, -0.2) is 8.42 Å². The van der Waals surface area contributed by atoms with Crippen LogP contribution in [-0.4, -0.2) is 25.8 Å². The second-order valence-electron chi connectivity index (χ2n) is 3.79. The molecule has 1 aromatic rings. The Hall–Kier alpha value is -2.09. The molecule has 1 rings (SSSR count). The molecule has 0 fully saturated rings. The van der Waals surface area contributed by atoms with E-state index in [2.05, 4.69) is 0 Å². The molecule has 0 aliphatic rings. The number of nitrogens with zero attached hydrogens (tertiary/aromatic N) is 3. The van der Waals surface area contributed by atoms with Crippen molar-refractivity contribution >= 4 is 15.7 Å². The lowest BCUT2D eigenvalue weighted by Gasteiger charge is -2.20. The van der Waals surface area contributed by atoms with E-state index in [-0.39, 0.29) is 30.8 Å². The summed E-state index contributed by atoms with van der Waals surface area (Å²) in [4.78, 5) is 0.0726. The number of hydrogen-bond donors (Lipinski definition) is 1. The average molecular weight is 278 g/mol. The Bertz CT molecular complexity index is 595. The maximum atomic E-state index is 12.3. The fourth-order valence-corrected chi connectivity index (χ4v) is 3.02. The Kier molecular flexibility index (Phi) is 5.31. The molecular formula is C12H14N4O2S. The van der Waals surface area contributed by atoms with Crippen LogP contribution < -0.4 is 5.73 Å². The SMILES string of the molecule is N#CCCN(CCC#N)S(=O)(=O)c1cccc(N)c1. The van der Waals surface area contributed by atoms with Crippen LogP contribution in [0.2, 0.25) is 0 Å². The van der Waals surface area contributed by atoms with Crippen molar-refractivity contribution < 1.29 is 8.42 Å². The van der Waals surface area contributed by atoms with Gasteiger partial charge < -0.3 is 5.73 Å². The van der Waals surface area contributed by atoms with E-state index in [1.165, 1.54) is 12.1 Å². The standard InChI is InChI=1S/C12H14N4O2S/c13-6-2-8-16(9-3-7-14)19(17,18)12-5-1-4-11(15)10-12/h1,4-5,10H,2-3,8-9,15H2. The van der Waals surface area contributed by atoms with Gasteiger partial charge in [0.05, 0.1) is 17.0 Å². The maximum Gasteiger partial charge on any atom is 0.243 e. The van der Waals surface area contributed by atoms with Crippen LogP contribution in [0.25, 0.3) is 0 Å². The summed E-state index contributed by atoms with van der Waals surface area (Å²) in [5.74, 6) is 0. The van der Waals surface area contributed by atoms with Gasteiger partial charge in [0, 0.05) is 31.6 Å². The molecule has 0 amide bonds. The van der Waals surface area contributed by atoms with Crippen LogP contribution in [0.3, 0.4) is 0 Å². The van der Waals surface area contributed by atoms with Crippen molar-refractivity contribution in [3.63, 3.8) is 0 Å². The normalized spacial score (nSPS) is 10.9. The molecule has 1 aromatic carbocycles. The highest BCUT2D eigenvalue weighted by Gasteiger charge is 2.23. The summed E-state index contributed by atoms with van der Waals surface area (Å²) < 4.78 is 25.8. The fourth-order valence-electron chi connectivity index (χ4n) is 1.53. The minimum absolute atomic E-state index is 0.0648. The van der Waals surface area contributed by atoms with Crippen LogP contribution in [-0.2, 0) is 10.0 Å². The monoisotopic (exact) mass is 278 g/mol. The van der Waals surface area contributed by atoms with E-state index in [1.54, 1.807) is 12.1 Å². The summed E-state index contributed by atoms with van der Waals surface area (Å²) in [7, 11) is -3.72. The zero-order chi connectivity index (χ0) is 14.3. The Morgan fingerprint density at radius 3 is 2.21 bits per heavy atom. The Morgan fingerprint density at radius 1 is 1.16 bits per heavy atom. The number of sulfonamides is 1. The lowest BCUT2D eigenvalue weighted by atomic mass is 10.3. The minimum atomic E-state index is -3.72. The number of hydrogen-bond acceptors (Lipinski definition) is 5. The number of nitrogens with two attached hydrogens (primary N) is 1. The maximum absolute atomic E-state index is 12.3. The summed E-state index contributed by atoms with van der Waals surface area (Å²) in [5, 5.41) is 17.1. The number of rotatable bonds is 6. The molecule has 0 heterocycles. The lowest BCUT2D eigenvalue weighted by molar-refractivity contribution is 0.425. The number of benzene rings is 1. The molecule has 0 aliphatic carbocycles. The molecule has 0 bridgehead atoms. The predicted molar refractivity (Wildman–Crippen MR) is 70.1 cm³/mol. The van der Waals surface area contributed by atoms with Gasteiger partial charge in [-0.2, -0.15) is 14.8 Å². The molecule has 0 atom stereocenters. The quantitative estimate of drug-likeness (QED) is 0.783. The third-order valence-corrected chi connectivity index (χ3v) is 4.34. The van der Waals surface area contributed by atoms with Crippen molar-refractivity contribution in [2.45, 2.75) is 17.7 Å². The summed E-state index contributed by atoms with van der Waals surface area (Å²) in [5.41, 5.74) is 5.92. The minimum Gasteiger partial charge on any atom is -0.399 e. The first kappa shape index (κ1) is 15.0. The average Bonchev–Trinajstić information content (AvgIpc) is 2.38. The van der Waals surface area contributed by atoms with Gasteiger partial charge in [0.15, 0.2) is 0 Å². The van der Waals surface area contributed by atoms with Crippen molar-refractivity contribution in [3.8, 4) is 12.1 Å². The predicted octanol–water partition coefficient (Wildman–Crippen LogP) is 1.09. The van der Waals surface area contributed by atoms with E-state index in [0.29, 0.717) is 5.69 Å². The Balaban J connectivity index is 3.05. The van der Waals surface area contributed by atoms with E-state index in [9.17, 15) is 8.42 Å². The smallest absolute Gasteiger partial charge is 0.243 e. The number of anilines is 1. The summed E-state index contributed by atoms with van der Waals surface area (Å²) in [6.07, 6.45) is 0.153. The van der Waals surface area contributed by atoms with Crippen molar-refractivity contribution in [2.75, 3.05) is 18.8 Å². The second-order valence-corrected chi connectivity index (χ2v) is 5.73. The van der Waals surface area contributed by atoms with E-state index in [1.807, 2.05) is 12.1 Å². The first-order valence-electron chi connectivity index (χ1n) is 5.62. The van der Waals surface area contributed by atoms with Gasteiger partial charge in [0.25, 0.3) is 0 Å². The van der Waals surface area contributed by atoms with Gasteiger partial charge >= 0.3 is 0 Å². The zero-order valence-electron chi connectivity index (χ0n) is 10.3. The molecule has 0 radical (unpaired) electrons. The number of nitriles is 2. The molecule has 0 aliphatic heterocycles. The lowest BCUT2D eigenvalue weighted by Crippen LogP contribution is -2.32. The van der Waals surface area contributed by atoms with E-state index >= 15 is 0 Å². The molecule has 19 heavy (non-hydrogen) atoms. The summed E-state index contributed by atoms with van der Waals surface area (Å²) in [6.45, 7) is 0.130. The van der Waals surface area contributed by atoms with Crippen LogP contribution in [0, 0.1) is 22.7 Å². The molecule has 0 aromatic heterocycles. The van der Waals surface area contributed by atoms with Gasteiger partial charge in [-0.15, -0.1) is 0 Å². The van der Waals surface area contributed by atoms with E-state index < -0.39 is 10.0 Å². The van der Waals surface area contributed by atoms with Crippen molar-refractivity contribution in [3.05, 3.63) is 24.3 Å². The molecule has 7 heteroatoms. The van der Waals surface area contributed by atoms with E-state index in [4.69, 9.17) is 16.3 Å². The van der Waals surface area contributed by atoms with Crippen LogP contribution >= 0.6 is 0 Å². The van der Waals surface area contributed by atoms with Crippen LogP contribution in [0.15, 0.2) is 29.2 Å². The molecule has 0 spiro atoms. The first-order chi connectivity index (χ1) is 9.02. The largest absolute Gasteiger partial charge is 0.399 e. The van der Waals surface area contributed by atoms with Gasteiger partial charge in [0.1, 0.15) is 0 Å². The van der Waals surface area contributed by atoms with Crippen molar-refractivity contribution in [1.29, 1.82) is 10.5 Å². The second kappa shape index (κ2) is 6.74. The van der Waals surface area contributed by atoms with Crippen LogP contribution in [0.4, 0.5) is 5.69 Å². The van der Waals surface area contributed by atoms with Gasteiger partial charge in [-0.1, -0.05) is 6.07 Å². The third-order valence-electron chi connectivity index (χ3n) is 2.44. The zero-order valence-corrected chi connectivity index (χ0v) is 11.1. The number of nitrogen functional groups attached to an aromatic ring is 1. The van der Waals surface area contributed by atoms with Crippen LogP contribution in [0.1, 0.15) is 12.8 Å². The highest BCUT2D eigenvalue weighted by molar-refractivity contribution is 7.89. The summed E-state index contributed by atoms with van der Waals surface area (Å²) in [6, 6.07) is 9.74. The fraction of sp³-hybridized carbons (Fsp3) is 0.333. The molecule has 100 valence electrons. The molecule has 2 N–H and O–H groups in total. The van der Waals surface area contributed by atoms with Crippen LogP contribution in [0.5, 0.6) is 0 Å². The Labute approximate surface area is 112 Å². The van der Waals surface area contributed by atoms with Gasteiger partial charge in [-0.05, 0) is 18.2 Å². The topological polar surface area (TPSA) is 111 Å². The van der Waals surface area contributed by atoms with Gasteiger partial charge in [-0.3, -0.25) is 0 Å². The Morgan fingerprint density at radius 2 is 1.74 bits per heavy atom. The molecule has 0 unspecified atom stereocenters. The van der Waals surface area contributed by atoms with Crippen molar-refractivity contribution in [2.24, 2.45) is 0 Å². The molecule has 6 nitrogen and oxygen atoms in total. The first-order valence-corrected chi connectivity index (χ1v) is 7.06. The third kappa shape index (κ3) is 3.95. The molecular weight excluding hydrogens is 264 g/mol. The van der Waals surface area contributed by atoms with Gasteiger partial charge in [0.2, 0.25) is 10.0 Å². The van der Waals surface area contributed by atoms with E-state index in [0.717, 1.165) is 4.31 Å². The highest BCUT2D eigenvalue weighted by atomic mass is 32.2. The molecule has 0 saturated carbocycles. The summed E-state index contributed by atoms with van der Waals surface area (Å²) >= 11 is 0.